The Balaban J connectivity index is 0.00000612. The van der Waals surface area contributed by atoms with Gasteiger partial charge < -0.3 is 5.11 Å². The first-order valence-corrected chi connectivity index (χ1v) is 22.5. The fourth-order valence-electron chi connectivity index (χ4n) is 9.24. The second-order valence-corrected chi connectivity index (χ2v) is 22.0. The Labute approximate surface area is 396 Å². The number of aromatic nitrogens is 3. The van der Waals surface area contributed by atoms with Gasteiger partial charge in [0.05, 0.1) is 16.6 Å². The van der Waals surface area contributed by atoms with E-state index >= 15 is 0 Å². The summed E-state index contributed by atoms with van der Waals surface area (Å²) in [4.78, 5) is 10.7. The number of aryl methyl sites for hydroxylation is 3. The van der Waals surface area contributed by atoms with Crippen molar-refractivity contribution in [3.05, 3.63) is 154 Å². The molecule has 0 aliphatic heterocycles. The molecule has 64 heavy (non-hydrogen) atoms. The molecular formula is C59H64N3OPt-. The van der Waals surface area contributed by atoms with E-state index in [1.807, 2.05) is 18.3 Å². The van der Waals surface area contributed by atoms with Crippen LogP contribution in [0.2, 0.25) is 0 Å². The van der Waals surface area contributed by atoms with E-state index in [0.717, 1.165) is 61.0 Å². The summed E-state index contributed by atoms with van der Waals surface area (Å²) in [6, 6.07) is 41.3. The molecule has 0 amide bonds. The number of para-hydroxylation sites is 1. The van der Waals surface area contributed by atoms with Gasteiger partial charge in [0.25, 0.3) is 0 Å². The molecule has 8 rings (SSSR count). The fourth-order valence-corrected chi connectivity index (χ4v) is 9.24. The molecule has 2 heterocycles. The summed E-state index contributed by atoms with van der Waals surface area (Å²) in [7, 11) is 0. The molecule has 0 atom stereocenters. The van der Waals surface area contributed by atoms with Crippen LogP contribution in [0.4, 0.5) is 0 Å². The zero-order valence-corrected chi connectivity index (χ0v) is 42.8. The van der Waals surface area contributed by atoms with Crippen molar-refractivity contribution in [1.82, 2.24) is 14.5 Å². The van der Waals surface area contributed by atoms with E-state index in [4.69, 9.17) is 9.97 Å². The Morgan fingerprint density at radius 3 is 1.73 bits per heavy atom. The van der Waals surface area contributed by atoms with Gasteiger partial charge in [-0.3, -0.25) is 9.55 Å². The van der Waals surface area contributed by atoms with Gasteiger partial charge >= 0.3 is 0 Å². The van der Waals surface area contributed by atoms with Crippen LogP contribution in [0.1, 0.15) is 122 Å². The standard InChI is InChI=1S/C59H64N3O.Pt/c1-35-27-36(2)52(37(3)28-35)40-32-47(39-29-38(30-43(31-39)58(10,11)12)45-17-16-18-46-49(59(13,14)15)25-26-60-53(45)46)54-50(33-40)62(44-22-19-41(20-23-44)56(4,5)6)55(61-54)48-34-42(57(7,8)9)21-24-51(48)63;/h16-28,30-34,63H,1-15H3;/q-1;. The number of hydrogen-bond acceptors (Lipinski definition) is 3. The molecule has 6 aromatic carbocycles. The summed E-state index contributed by atoms with van der Waals surface area (Å²) in [6.07, 6.45) is 1.95. The number of benzene rings is 6. The van der Waals surface area contributed by atoms with Crippen molar-refractivity contribution in [2.45, 2.75) is 126 Å². The molecule has 0 spiro atoms. The van der Waals surface area contributed by atoms with Crippen LogP contribution in [0.3, 0.4) is 0 Å². The number of imidazole rings is 1. The molecular weight excluding hydrogens is 962 g/mol. The summed E-state index contributed by atoms with van der Waals surface area (Å²) in [5.41, 5.74) is 18.9. The number of rotatable bonds is 5. The summed E-state index contributed by atoms with van der Waals surface area (Å²) in [5.74, 6) is 0.882. The predicted molar refractivity (Wildman–Crippen MR) is 268 cm³/mol. The van der Waals surface area contributed by atoms with Gasteiger partial charge in [-0.15, -0.1) is 34.9 Å². The van der Waals surface area contributed by atoms with Crippen molar-refractivity contribution in [2.24, 2.45) is 0 Å². The van der Waals surface area contributed by atoms with Crippen LogP contribution >= 0.6 is 0 Å². The Hall–Kier alpha value is -5.31. The molecule has 332 valence electrons. The van der Waals surface area contributed by atoms with Gasteiger partial charge in [0, 0.05) is 38.5 Å². The van der Waals surface area contributed by atoms with Crippen LogP contribution in [-0.4, -0.2) is 19.6 Å². The Bertz CT molecular complexity index is 3040. The van der Waals surface area contributed by atoms with E-state index in [1.165, 1.54) is 38.9 Å². The first kappa shape index (κ1) is 46.7. The monoisotopic (exact) mass is 1030 g/mol. The van der Waals surface area contributed by atoms with Crippen LogP contribution in [0.25, 0.3) is 72.4 Å². The molecule has 0 aliphatic rings. The van der Waals surface area contributed by atoms with Crippen molar-refractivity contribution in [3.63, 3.8) is 0 Å². The smallest absolute Gasteiger partial charge is 0.148 e. The van der Waals surface area contributed by atoms with E-state index in [-0.39, 0.29) is 48.5 Å². The number of nitrogens with zero attached hydrogens (tertiary/aromatic N) is 3. The van der Waals surface area contributed by atoms with Crippen molar-refractivity contribution in [3.8, 4) is 56.2 Å². The van der Waals surface area contributed by atoms with Gasteiger partial charge in [-0.25, -0.2) is 4.98 Å². The molecule has 8 aromatic rings. The first-order chi connectivity index (χ1) is 29.4. The van der Waals surface area contributed by atoms with Gasteiger partial charge in [0.15, 0.2) is 0 Å². The molecule has 1 N–H and O–H groups in total. The van der Waals surface area contributed by atoms with Crippen LogP contribution in [0.5, 0.6) is 5.75 Å². The maximum atomic E-state index is 11.8. The molecule has 0 saturated carbocycles. The van der Waals surface area contributed by atoms with E-state index in [2.05, 4.69) is 205 Å². The normalized spacial score (nSPS) is 12.5. The van der Waals surface area contributed by atoms with Gasteiger partial charge in [-0.1, -0.05) is 154 Å². The van der Waals surface area contributed by atoms with E-state index in [9.17, 15) is 5.11 Å². The Morgan fingerprint density at radius 2 is 1.14 bits per heavy atom. The minimum absolute atomic E-state index is 0. The number of aromatic hydroxyl groups is 1. The minimum Gasteiger partial charge on any atom is -0.507 e. The largest absolute Gasteiger partial charge is 0.507 e. The zero-order valence-electron chi connectivity index (χ0n) is 40.5. The van der Waals surface area contributed by atoms with Gasteiger partial charge in [-0.2, -0.15) is 0 Å². The van der Waals surface area contributed by atoms with Crippen LogP contribution in [0.15, 0.2) is 109 Å². The summed E-state index contributed by atoms with van der Waals surface area (Å²) < 4.78 is 2.26. The molecule has 5 heteroatoms. The van der Waals surface area contributed by atoms with Crippen molar-refractivity contribution >= 4 is 21.9 Å². The average molecular weight is 1030 g/mol. The molecule has 0 radical (unpaired) electrons. The SMILES string of the molecule is Cc1cc(C)c(-c2cc(-c3[c-]c(-c4cccc5c(C(C)(C)C)ccnc45)cc(C(C)(C)C)c3)c3nc(-c4cc(C(C)(C)C)ccc4O)n(-c4ccc(C(C)(C)C)cc4)c3c2)c(C)c1.[Pt]. The zero-order chi connectivity index (χ0) is 45.6. The Morgan fingerprint density at radius 1 is 0.547 bits per heavy atom. The molecule has 0 unspecified atom stereocenters. The summed E-state index contributed by atoms with van der Waals surface area (Å²) in [5, 5.41) is 13.0. The number of pyridine rings is 1. The van der Waals surface area contributed by atoms with Gasteiger partial charge in [-0.05, 0) is 123 Å². The van der Waals surface area contributed by atoms with Gasteiger partial charge in [0.1, 0.15) is 11.6 Å². The van der Waals surface area contributed by atoms with Crippen molar-refractivity contribution < 1.29 is 26.2 Å². The summed E-state index contributed by atoms with van der Waals surface area (Å²) in [6.45, 7) is 33.6. The van der Waals surface area contributed by atoms with Crippen LogP contribution < -0.4 is 0 Å². The quantitative estimate of drug-likeness (QED) is 0.175. The van der Waals surface area contributed by atoms with E-state index in [0.29, 0.717) is 11.4 Å². The van der Waals surface area contributed by atoms with Crippen LogP contribution in [-0.2, 0) is 42.7 Å². The average Bonchev–Trinajstić information content (AvgIpc) is 3.57. The number of fused-ring (bicyclic) bond motifs is 2. The molecule has 0 aliphatic carbocycles. The van der Waals surface area contributed by atoms with Gasteiger partial charge in [0.2, 0.25) is 0 Å². The molecule has 0 saturated heterocycles. The first-order valence-electron chi connectivity index (χ1n) is 22.5. The predicted octanol–water partition coefficient (Wildman–Crippen LogP) is 15.9. The second kappa shape index (κ2) is 16.6. The Kier molecular flexibility index (Phi) is 12.1. The van der Waals surface area contributed by atoms with Crippen LogP contribution in [0, 0.1) is 26.8 Å². The minimum atomic E-state index is -0.174. The third kappa shape index (κ3) is 8.76. The van der Waals surface area contributed by atoms with E-state index in [1.54, 1.807) is 0 Å². The molecule has 0 bridgehead atoms. The maximum Gasteiger partial charge on any atom is 0.148 e. The molecule has 2 aromatic heterocycles. The molecule has 4 nitrogen and oxygen atoms in total. The second-order valence-electron chi connectivity index (χ2n) is 22.0. The summed E-state index contributed by atoms with van der Waals surface area (Å²) >= 11 is 0. The molecule has 0 fully saturated rings. The topological polar surface area (TPSA) is 50.9 Å². The number of phenolic OH excluding ortho intramolecular Hbond substituents is 1. The third-order valence-corrected chi connectivity index (χ3v) is 12.7. The maximum absolute atomic E-state index is 11.8. The van der Waals surface area contributed by atoms with E-state index < -0.39 is 0 Å². The van der Waals surface area contributed by atoms with Crippen molar-refractivity contribution in [2.75, 3.05) is 0 Å². The van der Waals surface area contributed by atoms with Crippen molar-refractivity contribution in [1.29, 1.82) is 0 Å². The number of phenols is 1. The number of hydrogen-bond donors (Lipinski definition) is 1. The fraction of sp³-hybridized carbons (Fsp3) is 0.322. The third-order valence-electron chi connectivity index (χ3n) is 12.7.